The summed E-state index contributed by atoms with van der Waals surface area (Å²) in [4.78, 5) is 1.99. The molecule has 2 N–H and O–H groups in total. The highest BCUT2D eigenvalue weighted by Gasteiger charge is 2.32. The highest BCUT2D eigenvalue weighted by molar-refractivity contribution is 5.59. The Kier molecular flexibility index (Phi) is 3.36. The molecule has 0 radical (unpaired) electrons. The van der Waals surface area contributed by atoms with Crippen molar-refractivity contribution in [1.29, 1.82) is 5.26 Å². The van der Waals surface area contributed by atoms with Gasteiger partial charge in [0.1, 0.15) is 11.4 Å². The van der Waals surface area contributed by atoms with Gasteiger partial charge in [-0.25, -0.2) is 4.39 Å². The van der Waals surface area contributed by atoms with Crippen LogP contribution in [0.2, 0.25) is 0 Å². The molecule has 0 aromatic heterocycles. The van der Waals surface area contributed by atoms with Gasteiger partial charge in [-0.3, -0.25) is 0 Å². The second-order valence-corrected chi connectivity index (χ2v) is 5.39. The largest absolute Gasteiger partial charge is 0.368 e. The zero-order valence-electron chi connectivity index (χ0n) is 11.6. The van der Waals surface area contributed by atoms with Crippen LogP contribution < -0.4 is 10.6 Å². The van der Waals surface area contributed by atoms with Gasteiger partial charge in [0.05, 0.1) is 12.6 Å². The van der Waals surface area contributed by atoms with E-state index in [-0.39, 0.29) is 5.82 Å². The highest BCUT2D eigenvalue weighted by atomic mass is 19.1. The standard InChI is InChI=1S/C17H16FN3/c18-15-7-6-13-8-9-21(16(13)10-15)12-17(20,11-19)14-4-2-1-3-5-14/h1-7,10H,8-9,12,20H2. The van der Waals surface area contributed by atoms with Crippen LogP contribution in [0.25, 0.3) is 0 Å². The molecule has 4 heteroatoms. The summed E-state index contributed by atoms with van der Waals surface area (Å²) in [5, 5.41) is 9.53. The molecule has 1 heterocycles. The molecule has 0 aliphatic carbocycles. The average Bonchev–Trinajstić information content (AvgIpc) is 2.90. The Morgan fingerprint density at radius 2 is 2.00 bits per heavy atom. The van der Waals surface area contributed by atoms with Crippen LogP contribution in [0.3, 0.4) is 0 Å². The van der Waals surface area contributed by atoms with Crippen LogP contribution in [0.5, 0.6) is 0 Å². The van der Waals surface area contributed by atoms with Crippen molar-refractivity contribution in [2.45, 2.75) is 12.0 Å². The Bertz CT molecular complexity index is 693. The van der Waals surface area contributed by atoms with Gasteiger partial charge < -0.3 is 10.6 Å². The van der Waals surface area contributed by atoms with Crippen LogP contribution >= 0.6 is 0 Å². The summed E-state index contributed by atoms with van der Waals surface area (Å²) in [7, 11) is 0. The lowest BCUT2D eigenvalue weighted by Crippen LogP contribution is -2.46. The van der Waals surface area contributed by atoms with Crippen molar-refractivity contribution in [1.82, 2.24) is 0 Å². The topological polar surface area (TPSA) is 53.1 Å². The molecule has 106 valence electrons. The molecule has 0 bridgehead atoms. The first-order valence-corrected chi connectivity index (χ1v) is 6.91. The van der Waals surface area contributed by atoms with E-state index in [1.807, 2.05) is 35.2 Å². The van der Waals surface area contributed by atoms with E-state index in [2.05, 4.69) is 6.07 Å². The fourth-order valence-electron chi connectivity index (χ4n) is 2.81. The zero-order chi connectivity index (χ0) is 14.9. The molecule has 1 aliphatic rings. The lowest BCUT2D eigenvalue weighted by atomic mass is 9.92. The number of rotatable bonds is 3. The molecule has 0 fully saturated rings. The number of nitrogens with zero attached hydrogens (tertiary/aromatic N) is 2. The quantitative estimate of drug-likeness (QED) is 0.940. The van der Waals surface area contributed by atoms with Crippen molar-refractivity contribution >= 4 is 5.69 Å². The number of nitrogens with two attached hydrogens (primary N) is 1. The molecular formula is C17H16FN3. The maximum absolute atomic E-state index is 13.5. The first kappa shape index (κ1) is 13.6. The normalized spacial score (nSPS) is 16.1. The number of fused-ring (bicyclic) bond motifs is 1. The van der Waals surface area contributed by atoms with Gasteiger partial charge in [-0.15, -0.1) is 0 Å². The number of nitriles is 1. The van der Waals surface area contributed by atoms with Gasteiger partial charge >= 0.3 is 0 Å². The van der Waals surface area contributed by atoms with E-state index >= 15 is 0 Å². The average molecular weight is 281 g/mol. The van der Waals surface area contributed by atoms with Crippen molar-refractivity contribution in [3.8, 4) is 6.07 Å². The summed E-state index contributed by atoms with van der Waals surface area (Å²) in [6.07, 6.45) is 0.853. The van der Waals surface area contributed by atoms with E-state index in [0.29, 0.717) is 6.54 Å². The van der Waals surface area contributed by atoms with E-state index in [9.17, 15) is 9.65 Å². The van der Waals surface area contributed by atoms with E-state index in [4.69, 9.17) is 5.73 Å². The van der Waals surface area contributed by atoms with E-state index in [1.165, 1.54) is 12.1 Å². The van der Waals surface area contributed by atoms with Gasteiger partial charge in [-0.05, 0) is 29.7 Å². The molecule has 2 aromatic rings. The van der Waals surface area contributed by atoms with E-state index < -0.39 is 5.54 Å². The Labute approximate surface area is 123 Å². The van der Waals surface area contributed by atoms with Crippen molar-refractivity contribution in [2.24, 2.45) is 5.73 Å². The first-order chi connectivity index (χ1) is 10.1. The minimum Gasteiger partial charge on any atom is -0.368 e. The van der Waals surface area contributed by atoms with Crippen molar-refractivity contribution in [3.05, 3.63) is 65.5 Å². The monoisotopic (exact) mass is 281 g/mol. The molecule has 0 spiro atoms. The van der Waals surface area contributed by atoms with Crippen LogP contribution in [0.4, 0.5) is 10.1 Å². The summed E-state index contributed by atoms with van der Waals surface area (Å²) in [5.41, 5.74) is 7.92. The zero-order valence-corrected chi connectivity index (χ0v) is 11.6. The fraction of sp³-hybridized carbons (Fsp3) is 0.235. The summed E-state index contributed by atoms with van der Waals surface area (Å²) in [5.74, 6) is -0.264. The third kappa shape index (κ3) is 2.48. The van der Waals surface area contributed by atoms with Gasteiger partial charge in [-0.1, -0.05) is 36.4 Å². The van der Waals surface area contributed by atoms with Crippen LogP contribution in [0.15, 0.2) is 48.5 Å². The maximum atomic E-state index is 13.5. The SMILES string of the molecule is N#CC(N)(CN1CCc2ccc(F)cc21)c1ccccc1. The van der Waals surface area contributed by atoms with E-state index in [0.717, 1.165) is 29.8 Å². The third-order valence-corrected chi connectivity index (χ3v) is 3.97. The molecule has 21 heavy (non-hydrogen) atoms. The van der Waals surface area contributed by atoms with Crippen molar-refractivity contribution < 1.29 is 4.39 Å². The number of halogens is 1. The smallest absolute Gasteiger partial charge is 0.147 e. The molecule has 3 rings (SSSR count). The van der Waals surface area contributed by atoms with Crippen LogP contribution in [0, 0.1) is 17.1 Å². The summed E-state index contributed by atoms with van der Waals surface area (Å²) >= 11 is 0. The van der Waals surface area contributed by atoms with Crippen molar-refractivity contribution in [3.63, 3.8) is 0 Å². The van der Waals surface area contributed by atoms with Crippen LogP contribution in [0.1, 0.15) is 11.1 Å². The van der Waals surface area contributed by atoms with Gasteiger partial charge in [0.15, 0.2) is 0 Å². The highest BCUT2D eigenvalue weighted by Crippen LogP contribution is 2.31. The van der Waals surface area contributed by atoms with Crippen LogP contribution in [-0.4, -0.2) is 13.1 Å². The Morgan fingerprint density at radius 3 is 2.71 bits per heavy atom. The summed E-state index contributed by atoms with van der Waals surface area (Å²) in [6.45, 7) is 1.11. The molecule has 2 aromatic carbocycles. The lowest BCUT2D eigenvalue weighted by Gasteiger charge is -2.29. The number of hydrogen-bond acceptors (Lipinski definition) is 3. The first-order valence-electron chi connectivity index (χ1n) is 6.91. The van der Waals surface area contributed by atoms with Gasteiger partial charge in [0.2, 0.25) is 0 Å². The van der Waals surface area contributed by atoms with Crippen LogP contribution in [-0.2, 0) is 12.0 Å². The van der Waals surface area contributed by atoms with Gasteiger partial charge in [0.25, 0.3) is 0 Å². The predicted octanol–water partition coefficient (Wildman–Crippen LogP) is 2.57. The van der Waals surface area contributed by atoms with Gasteiger partial charge in [-0.2, -0.15) is 5.26 Å². The lowest BCUT2D eigenvalue weighted by molar-refractivity contribution is 0.559. The Hall–Kier alpha value is -2.38. The minimum absolute atomic E-state index is 0.264. The number of hydrogen-bond donors (Lipinski definition) is 1. The second-order valence-electron chi connectivity index (χ2n) is 5.39. The second kappa shape index (κ2) is 5.19. The Balaban J connectivity index is 1.91. The molecule has 1 aliphatic heterocycles. The summed E-state index contributed by atoms with van der Waals surface area (Å²) < 4.78 is 13.5. The molecule has 3 nitrogen and oxygen atoms in total. The molecule has 0 amide bonds. The maximum Gasteiger partial charge on any atom is 0.147 e. The molecular weight excluding hydrogens is 265 g/mol. The third-order valence-electron chi connectivity index (χ3n) is 3.97. The van der Waals surface area contributed by atoms with Gasteiger partial charge in [0, 0.05) is 12.2 Å². The number of anilines is 1. The molecule has 0 saturated carbocycles. The summed E-state index contributed by atoms with van der Waals surface area (Å²) in [6, 6.07) is 16.3. The van der Waals surface area contributed by atoms with E-state index in [1.54, 1.807) is 6.07 Å². The number of benzene rings is 2. The molecule has 0 saturated heterocycles. The molecule has 1 unspecified atom stereocenters. The predicted molar refractivity (Wildman–Crippen MR) is 80.2 cm³/mol. The minimum atomic E-state index is -1.10. The molecule has 1 atom stereocenters. The van der Waals surface area contributed by atoms with Crippen molar-refractivity contribution in [2.75, 3.05) is 18.0 Å². The fourth-order valence-corrected chi connectivity index (χ4v) is 2.81. The Morgan fingerprint density at radius 1 is 1.24 bits per heavy atom.